The van der Waals surface area contributed by atoms with Gasteiger partial charge < -0.3 is 9.80 Å². The lowest BCUT2D eigenvalue weighted by atomic mass is 9.81. The average Bonchev–Trinajstić information content (AvgIpc) is 2.94. The highest BCUT2D eigenvalue weighted by Gasteiger charge is 2.27. The first-order valence-corrected chi connectivity index (χ1v) is 17.7. The highest BCUT2D eigenvalue weighted by atomic mass is 15.4. The first-order valence-electron chi connectivity index (χ1n) is 17.7. The van der Waals surface area contributed by atoms with Crippen LogP contribution >= 0.6 is 0 Å². The summed E-state index contributed by atoms with van der Waals surface area (Å²) in [6.45, 7) is 29.6. The van der Waals surface area contributed by atoms with E-state index in [1.807, 2.05) is 0 Å². The van der Waals surface area contributed by atoms with Gasteiger partial charge in [-0.1, -0.05) is 61.8 Å². The van der Waals surface area contributed by atoms with E-state index in [0.29, 0.717) is 5.92 Å². The molecule has 0 radical (unpaired) electrons. The molecule has 0 heterocycles. The second kappa shape index (κ2) is 23.1. The van der Waals surface area contributed by atoms with Crippen LogP contribution in [-0.2, 0) is 0 Å². The van der Waals surface area contributed by atoms with Crippen LogP contribution in [0.25, 0.3) is 0 Å². The van der Waals surface area contributed by atoms with E-state index in [1.54, 1.807) is 0 Å². The van der Waals surface area contributed by atoms with E-state index in [0.717, 1.165) is 71.4 Å². The molecule has 6 nitrogen and oxygen atoms in total. The van der Waals surface area contributed by atoms with Crippen molar-refractivity contribution in [3.05, 3.63) is 0 Å². The molecule has 1 aliphatic carbocycles. The summed E-state index contributed by atoms with van der Waals surface area (Å²) < 4.78 is 2.63. The van der Waals surface area contributed by atoms with Crippen LogP contribution in [0.15, 0.2) is 4.99 Å². The van der Waals surface area contributed by atoms with Crippen LogP contribution in [-0.4, -0.2) is 96.6 Å². The third kappa shape index (κ3) is 13.5. The predicted molar refractivity (Wildman–Crippen MR) is 178 cm³/mol. The second-order valence-corrected chi connectivity index (χ2v) is 12.2. The molecule has 0 saturated heterocycles. The van der Waals surface area contributed by atoms with E-state index in [1.165, 1.54) is 89.0 Å². The number of guanidine groups is 2. The van der Waals surface area contributed by atoms with Crippen molar-refractivity contribution in [1.82, 2.24) is 20.0 Å². The molecular weight excluding hydrogens is 492 g/mol. The molecule has 0 aromatic heterocycles. The summed E-state index contributed by atoms with van der Waals surface area (Å²) in [5.41, 5.74) is 0. The zero-order valence-corrected chi connectivity index (χ0v) is 28.4. The van der Waals surface area contributed by atoms with Gasteiger partial charge in [0.05, 0.1) is 32.7 Å². The van der Waals surface area contributed by atoms with E-state index in [-0.39, 0.29) is 0 Å². The average molecular weight is 564 g/mol. The Morgan fingerprint density at radius 2 is 1.07 bits per heavy atom. The van der Waals surface area contributed by atoms with E-state index < -0.39 is 0 Å². The lowest BCUT2D eigenvalue weighted by Gasteiger charge is -2.35. The van der Waals surface area contributed by atoms with Gasteiger partial charge in [-0.3, -0.25) is 19.8 Å². The molecule has 6 heteroatoms. The summed E-state index contributed by atoms with van der Waals surface area (Å²) >= 11 is 0. The van der Waals surface area contributed by atoms with Crippen molar-refractivity contribution in [2.45, 2.75) is 132 Å². The van der Waals surface area contributed by atoms with E-state index in [9.17, 15) is 0 Å². The van der Waals surface area contributed by atoms with Crippen molar-refractivity contribution in [3.8, 4) is 0 Å². The topological polar surface area (TPSA) is 37.1 Å². The molecule has 2 atom stereocenters. The van der Waals surface area contributed by atoms with E-state index >= 15 is 0 Å². The molecule has 236 valence electrons. The lowest BCUT2D eigenvalue weighted by Crippen LogP contribution is -2.50. The number of aliphatic imine (C=N–C) groups is 1. The van der Waals surface area contributed by atoms with Gasteiger partial charge in [-0.2, -0.15) is 0 Å². The Labute approximate surface area is 251 Å². The molecule has 1 rings (SSSR count). The Kier molecular flexibility index (Phi) is 21.2. The number of hydrogen-bond donors (Lipinski definition) is 1. The third-order valence-electron chi connectivity index (χ3n) is 8.04. The Bertz CT molecular complexity index is 631. The first kappa shape index (κ1) is 36.6. The maximum Gasteiger partial charge on any atom is 0.348 e. The summed E-state index contributed by atoms with van der Waals surface area (Å²) in [5.74, 6) is 4.14. The quantitative estimate of drug-likeness (QED) is 0.0958. The van der Waals surface area contributed by atoms with Crippen LogP contribution in [0, 0.1) is 11.8 Å². The molecule has 40 heavy (non-hydrogen) atoms. The van der Waals surface area contributed by atoms with Gasteiger partial charge in [0.25, 0.3) is 0 Å². The minimum absolute atomic E-state index is 0.707. The van der Waals surface area contributed by atoms with Gasteiger partial charge in [-0.15, -0.1) is 0 Å². The molecule has 0 amide bonds. The van der Waals surface area contributed by atoms with E-state index in [4.69, 9.17) is 4.99 Å². The smallest absolute Gasteiger partial charge is 0.343 e. The fourth-order valence-electron chi connectivity index (χ4n) is 6.45. The van der Waals surface area contributed by atoms with Gasteiger partial charge in [0, 0.05) is 32.7 Å². The number of nitrogens with zero attached hydrogens (tertiary/aromatic N) is 5. The van der Waals surface area contributed by atoms with Crippen molar-refractivity contribution in [1.29, 1.82) is 0 Å². The summed E-state index contributed by atoms with van der Waals surface area (Å²) in [6.07, 6.45) is 14.9. The molecule has 0 aliphatic heterocycles. The van der Waals surface area contributed by atoms with Gasteiger partial charge in [0.1, 0.15) is 0 Å². The van der Waals surface area contributed by atoms with Gasteiger partial charge in [0.2, 0.25) is 0 Å². The van der Waals surface area contributed by atoms with Gasteiger partial charge in [-0.25, -0.2) is 0 Å². The SMILES string of the molecule is CCCN(CCC)C(=NCC1CCCC(CNC(N(CCC)CCC)=[N+](CCC)CCC)C1)N(CCC)CCC. The summed E-state index contributed by atoms with van der Waals surface area (Å²) in [5, 5.41) is 4.03. The highest BCUT2D eigenvalue weighted by Crippen LogP contribution is 2.29. The van der Waals surface area contributed by atoms with Crippen molar-refractivity contribution in [2.24, 2.45) is 16.8 Å². The summed E-state index contributed by atoms with van der Waals surface area (Å²) in [7, 11) is 0. The van der Waals surface area contributed by atoms with Gasteiger partial charge in [-0.05, 0) is 82.5 Å². The number of rotatable bonds is 20. The zero-order chi connectivity index (χ0) is 29.6. The molecule has 1 fully saturated rings. The normalized spacial score (nSPS) is 16.9. The molecule has 1 saturated carbocycles. The summed E-state index contributed by atoms with van der Waals surface area (Å²) in [6, 6.07) is 0. The predicted octanol–water partition coefficient (Wildman–Crippen LogP) is 7.29. The largest absolute Gasteiger partial charge is 0.348 e. The second-order valence-electron chi connectivity index (χ2n) is 12.2. The van der Waals surface area contributed by atoms with Crippen LogP contribution in [0.2, 0.25) is 0 Å². The Hall–Kier alpha value is -1.46. The van der Waals surface area contributed by atoms with Gasteiger partial charge in [0.15, 0.2) is 5.96 Å². The Morgan fingerprint density at radius 3 is 1.52 bits per heavy atom. The van der Waals surface area contributed by atoms with Crippen molar-refractivity contribution < 1.29 is 4.58 Å². The Morgan fingerprint density at radius 1 is 0.625 bits per heavy atom. The molecule has 0 aromatic rings. The van der Waals surface area contributed by atoms with Gasteiger partial charge >= 0.3 is 5.96 Å². The molecule has 2 unspecified atom stereocenters. The molecule has 0 bridgehead atoms. The minimum atomic E-state index is 0.707. The lowest BCUT2D eigenvalue weighted by molar-refractivity contribution is -0.535. The maximum absolute atomic E-state index is 5.43. The molecule has 0 aromatic carbocycles. The highest BCUT2D eigenvalue weighted by molar-refractivity contribution is 5.80. The molecular formula is C34H71N6+. The van der Waals surface area contributed by atoms with Crippen molar-refractivity contribution >= 4 is 11.9 Å². The zero-order valence-electron chi connectivity index (χ0n) is 28.4. The van der Waals surface area contributed by atoms with E-state index in [2.05, 4.69) is 80.0 Å². The van der Waals surface area contributed by atoms with Crippen LogP contribution in [0.5, 0.6) is 0 Å². The maximum atomic E-state index is 5.43. The number of hydrogen-bond acceptors (Lipinski definition) is 1. The third-order valence-corrected chi connectivity index (χ3v) is 8.04. The van der Waals surface area contributed by atoms with Crippen LogP contribution in [0.3, 0.4) is 0 Å². The van der Waals surface area contributed by atoms with Crippen LogP contribution < -0.4 is 5.32 Å². The monoisotopic (exact) mass is 564 g/mol. The number of nitrogens with one attached hydrogen (secondary N) is 1. The fraction of sp³-hybridized carbons (Fsp3) is 0.941. The van der Waals surface area contributed by atoms with Crippen molar-refractivity contribution in [2.75, 3.05) is 65.4 Å². The van der Waals surface area contributed by atoms with Crippen LogP contribution in [0.4, 0.5) is 0 Å². The Balaban J connectivity index is 3.06. The summed E-state index contributed by atoms with van der Waals surface area (Å²) in [4.78, 5) is 13.2. The molecule has 1 aliphatic rings. The molecule has 0 spiro atoms. The van der Waals surface area contributed by atoms with Crippen molar-refractivity contribution in [3.63, 3.8) is 0 Å². The standard InChI is InChI=1S/C34H70N6/c1-9-20-37(21-10-2)33(38(22-11-3)23-12-4)35-29-31-18-17-19-32(28-31)30-36-34(39(24-13-5)25-14-6)40(26-15-7)27-16-8/h31-32H,9-30H2,1-8H3/p+1. The van der Waals surface area contributed by atoms with Crippen LogP contribution in [0.1, 0.15) is 132 Å². The first-order chi connectivity index (χ1) is 19.5. The minimum Gasteiger partial charge on any atom is -0.343 e. The fourth-order valence-corrected chi connectivity index (χ4v) is 6.45. The molecule has 1 N–H and O–H groups in total.